The summed E-state index contributed by atoms with van der Waals surface area (Å²) >= 11 is 0. The lowest BCUT2D eigenvalue weighted by atomic mass is 9.96. The number of carbonyl (C=O) groups excluding carboxylic acids is 1. The van der Waals surface area contributed by atoms with Crippen LogP contribution in [-0.2, 0) is 0 Å². The van der Waals surface area contributed by atoms with Crippen LogP contribution in [-0.4, -0.2) is 41.6 Å². The molecule has 1 atom stereocenters. The van der Waals surface area contributed by atoms with Gasteiger partial charge in [-0.15, -0.1) is 0 Å². The Morgan fingerprint density at radius 1 is 1.36 bits per heavy atom. The van der Waals surface area contributed by atoms with Crippen molar-refractivity contribution in [1.82, 2.24) is 15.6 Å². The van der Waals surface area contributed by atoms with Crippen molar-refractivity contribution in [2.75, 3.05) is 13.2 Å². The molecule has 1 aliphatic rings. The third kappa shape index (κ3) is 6.77. The van der Waals surface area contributed by atoms with Gasteiger partial charge in [0.1, 0.15) is 0 Å². The Balaban J connectivity index is 1.93. The minimum absolute atomic E-state index is 0.108. The Hall–Kier alpha value is -2.03. The van der Waals surface area contributed by atoms with Crippen LogP contribution < -0.4 is 15.4 Å². The molecule has 0 spiro atoms. The number of nitrogens with one attached hydrogen (secondary N) is 2. The van der Waals surface area contributed by atoms with E-state index >= 15 is 0 Å². The van der Waals surface area contributed by atoms with Crippen molar-refractivity contribution in [3.8, 4) is 5.88 Å². The predicted octanol–water partition coefficient (Wildman–Crippen LogP) is 2.69. The minimum atomic E-state index is -4.47. The fourth-order valence-corrected chi connectivity index (χ4v) is 2.74. The van der Waals surface area contributed by atoms with Crippen LogP contribution in [0.2, 0.25) is 0 Å². The van der Waals surface area contributed by atoms with Gasteiger partial charge in [-0.05, 0) is 24.5 Å². The third-order valence-corrected chi connectivity index (χ3v) is 3.97. The molecule has 2 amide bonds. The van der Waals surface area contributed by atoms with Crippen LogP contribution in [0.4, 0.5) is 18.0 Å². The fourth-order valence-electron chi connectivity index (χ4n) is 2.74. The van der Waals surface area contributed by atoms with E-state index in [0.29, 0.717) is 5.56 Å². The number of amides is 2. The van der Waals surface area contributed by atoms with Crippen LogP contribution in [0.1, 0.15) is 43.7 Å². The first-order chi connectivity index (χ1) is 11.9. The van der Waals surface area contributed by atoms with Crippen molar-refractivity contribution in [1.29, 1.82) is 0 Å². The lowest BCUT2D eigenvalue weighted by Crippen LogP contribution is -2.44. The number of carbonyl (C=O) groups is 1. The molecule has 140 valence electrons. The van der Waals surface area contributed by atoms with Gasteiger partial charge in [-0.1, -0.05) is 19.3 Å². The fraction of sp³-hybridized carbons (Fsp3) is 0.625. The van der Waals surface area contributed by atoms with Crippen LogP contribution in [0.15, 0.2) is 18.3 Å². The lowest BCUT2D eigenvalue weighted by Gasteiger charge is -2.24. The minimum Gasteiger partial charge on any atom is -0.468 e. The molecule has 1 aliphatic carbocycles. The summed E-state index contributed by atoms with van der Waals surface area (Å²) in [6, 6.07) is 1.70. The van der Waals surface area contributed by atoms with Crippen molar-refractivity contribution in [2.24, 2.45) is 0 Å². The highest BCUT2D eigenvalue weighted by Gasteiger charge is 2.29. The van der Waals surface area contributed by atoms with Gasteiger partial charge in [0, 0.05) is 18.3 Å². The summed E-state index contributed by atoms with van der Waals surface area (Å²) in [6.07, 6.45) is 1.94. The molecule has 0 bridgehead atoms. The molecular formula is C16H22F3N3O3. The Kier molecular flexibility index (Phi) is 6.86. The maximum Gasteiger partial charge on any atom is 0.422 e. The van der Waals surface area contributed by atoms with Gasteiger partial charge in [-0.25, -0.2) is 9.78 Å². The zero-order valence-electron chi connectivity index (χ0n) is 13.7. The lowest BCUT2D eigenvalue weighted by molar-refractivity contribution is -0.154. The van der Waals surface area contributed by atoms with E-state index in [1.165, 1.54) is 18.3 Å². The van der Waals surface area contributed by atoms with Crippen LogP contribution in [0.25, 0.3) is 0 Å². The first-order valence-electron chi connectivity index (χ1n) is 8.21. The second-order valence-electron chi connectivity index (χ2n) is 6.02. The van der Waals surface area contributed by atoms with Gasteiger partial charge in [-0.3, -0.25) is 0 Å². The topological polar surface area (TPSA) is 83.5 Å². The SMILES string of the molecule is O=C(NC1CCCCC1)NC(CO)c1ccnc(OCC(F)(F)F)c1. The van der Waals surface area contributed by atoms with E-state index in [0.717, 1.165) is 32.1 Å². The summed E-state index contributed by atoms with van der Waals surface area (Å²) in [6.45, 7) is -1.86. The molecule has 25 heavy (non-hydrogen) atoms. The molecule has 1 fully saturated rings. The summed E-state index contributed by atoms with van der Waals surface area (Å²) in [5.74, 6) is -0.220. The highest BCUT2D eigenvalue weighted by molar-refractivity contribution is 5.74. The normalized spacial score (nSPS) is 17.0. The molecule has 6 nitrogen and oxygen atoms in total. The van der Waals surface area contributed by atoms with E-state index < -0.39 is 31.5 Å². The molecule has 0 aliphatic heterocycles. The van der Waals surface area contributed by atoms with Crippen LogP contribution >= 0.6 is 0 Å². The molecule has 1 aromatic heterocycles. The Labute approximate surface area is 143 Å². The standard InChI is InChI=1S/C16H22F3N3O3/c17-16(18,19)10-25-14-8-11(6-7-20-14)13(9-23)22-15(24)21-12-4-2-1-3-5-12/h6-8,12-13,23H,1-5,9-10H2,(H2,21,22,24). The summed E-state index contributed by atoms with van der Waals surface area (Å²) in [7, 11) is 0. The second-order valence-corrected chi connectivity index (χ2v) is 6.02. The van der Waals surface area contributed by atoms with E-state index in [1.54, 1.807) is 0 Å². The van der Waals surface area contributed by atoms with Crippen molar-refractivity contribution >= 4 is 6.03 Å². The number of aliphatic hydroxyl groups excluding tert-OH is 1. The molecule has 3 N–H and O–H groups in total. The quantitative estimate of drug-likeness (QED) is 0.727. The molecular weight excluding hydrogens is 339 g/mol. The van der Waals surface area contributed by atoms with E-state index in [2.05, 4.69) is 20.4 Å². The number of rotatable bonds is 6. The van der Waals surface area contributed by atoms with Crippen LogP contribution in [0.5, 0.6) is 5.88 Å². The van der Waals surface area contributed by atoms with Crippen molar-refractivity contribution < 1.29 is 27.8 Å². The summed E-state index contributed by atoms with van der Waals surface area (Å²) in [5.41, 5.74) is 0.411. The largest absolute Gasteiger partial charge is 0.468 e. The zero-order valence-corrected chi connectivity index (χ0v) is 13.7. The number of urea groups is 1. The Bertz CT molecular complexity index is 563. The average molecular weight is 361 g/mol. The van der Waals surface area contributed by atoms with Gasteiger partial charge in [0.25, 0.3) is 0 Å². The highest BCUT2D eigenvalue weighted by atomic mass is 19.4. The molecule has 1 unspecified atom stereocenters. The highest BCUT2D eigenvalue weighted by Crippen LogP contribution is 2.21. The van der Waals surface area contributed by atoms with Gasteiger partial charge < -0.3 is 20.5 Å². The van der Waals surface area contributed by atoms with E-state index in [1.807, 2.05) is 0 Å². The van der Waals surface area contributed by atoms with E-state index in [4.69, 9.17) is 0 Å². The smallest absolute Gasteiger partial charge is 0.422 e. The molecule has 1 saturated carbocycles. The zero-order chi connectivity index (χ0) is 18.3. The number of hydrogen-bond donors (Lipinski definition) is 3. The van der Waals surface area contributed by atoms with Crippen LogP contribution in [0.3, 0.4) is 0 Å². The van der Waals surface area contributed by atoms with Gasteiger partial charge in [0.15, 0.2) is 6.61 Å². The van der Waals surface area contributed by atoms with Gasteiger partial charge in [0.05, 0.1) is 12.6 Å². The Morgan fingerprint density at radius 3 is 2.72 bits per heavy atom. The van der Waals surface area contributed by atoms with Crippen LogP contribution in [0, 0.1) is 0 Å². The number of hydrogen-bond acceptors (Lipinski definition) is 4. The predicted molar refractivity (Wildman–Crippen MR) is 84.2 cm³/mol. The summed E-state index contributed by atoms with van der Waals surface area (Å²) in [4.78, 5) is 15.8. The van der Waals surface area contributed by atoms with Gasteiger partial charge in [-0.2, -0.15) is 13.2 Å². The molecule has 0 aromatic carbocycles. The number of nitrogens with zero attached hydrogens (tertiary/aromatic N) is 1. The van der Waals surface area contributed by atoms with Crippen molar-refractivity contribution in [3.63, 3.8) is 0 Å². The number of alkyl halides is 3. The molecule has 0 radical (unpaired) electrons. The average Bonchev–Trinajstić information content (AvgIpc) is 2.58. The van der Waals surface area contributed by atoms with Gasteiger partial charge in [0.2, 0.25) is 5.88 Å². The van der Waals surface area contributed by atoms with Crippen molar-refractivity contribution in [2.45, 2.75) is 50.4 Å². The Morgan fingerprint density at radius 2 is 2.08 bits per heavy atom. The number of aliphatic hydroxyl groups is 1. The molecule has 2 rings (SSSR count). The first-order valence-corrected chi connectivity index (χ1v) is 8.21. The molecule has 1 aromatic rings. The number of aromatic nitrogens is 1. The second kappa shape index (κ2) is 8.89. The van der Waals surface area contributed by atoms with Crippen molar-refractivity contribution in [3.05, 3.63) is 23.9 Å². The maximum atomic E-state index is 12.2. The molecule has 1 heterocycles. The monoisotopic (exact) mass is 361 g/mol. The first kappa shape index (κ1) is 19.3. The van der Waals surface area contributed by atoms with Gasteiger partial charge >= 0.3 is 12.2 Å². The van der Waals surface area contributed by atoms with E-state index in [9.17, 15) is 23.1 Å². The number of pyridine rings is 1. The number of ether oxygens (including phenoxy) is 1. The molecule has 0 saturated heterocycles. The maximum absolute atomic E-state index is 12.2. The van der Waals surface area contributed by atoms with E-state index in [-0.39, 0.29) is 11.9 Å². The summed E-state index contributed by atoms with van der Waals surface area (Å²) in [5, 5.41) is 15.0. The summed E-state index contributed by atoms with van der Waals surface area (Å²) < 4.78 is 41.2. The molecule has 9 heteroatoms. The number of halogens is 3. The third-order valence-electron chi connectivity index (χ3n) is 3.97.